The number of hydrogen-bond donors (Lipinski definition) is 2. The fraction of sp³-hybridized carbons (Fsp3) is 0.286. The van der Waals surface area contributed by atoms with Crippen molar-refractivity contribution in [3.63, 3.8) is 0 Å². The molecule has 2 N–H and O–H groups in total. The number of nitrogens with zero attached hydrogens (tertiary/aromatic N) is 1. The molecule has 2 amide bonds. The highest BCUT2D eigenvalue weighted by Crippen LogP contribution is 2.46. The zero-order valence-electron chi connectivity index (χ0n) is 15.8. The topological polar surface area (TPSA) is 86.7 Å². The number of carboxylic acid groups (broad SMARTS) is 1. The van der Waals surface area contributed by atoms with Gasteiger partial charge in [-0.2, -0.15) is 0 Å². The molecule has 2 unspecified atom stereocenters. The van der Waals surface area contributed by atoms with Gasteiger partial charge in [0, 0.05) is 21.7 Å². The van der Waals surface area contributed by atoms with Crippen LogP contribution in [0.15, 0.2) is 64.0 Å². The van der Waals surface area contributed by atoms with Gasteiger partial charge in [0.2, 0.25) is 11.8 Å². The average Bonchev–Trinajstić information content (AvgIpc) is 2.74. The number of carboxylic acids is 1. The van der Waals surface area contributed by atoms with Gasteiger partial charge in [0.05, 0.1) is 6.42 Å². The lowest BCUT2D eigenvalue weighted by Gasteiger charge is -2.53. The molecule has 2 aliphatic heterocycles. The number of benzene rings is 2. The van der Waals surface area contributed by atoms with Gasteiger partial charge in [-0.3, -0.25) is 14.4 Å². The predicted molar refractivity (Wildman–Crippen MR) is 120 cm³/mol. The molecule has 4 rings (SSSR count). The lowest BCUT2D eigenvalue weighted by atomic mass is 10.0. The van der Waals surface area contributed by atoms with E-state index in [0.29, 0.717) is 5.75 Å². The van der Waals surface area contributed by atoms with Crippen LogP contribution in [0, 0.1) is 0 Å². The highest BCUT2D eigenvalue weighted by Gasteiger charge is 2.57. The summed E-state index contributed by atoms with van der Waals surface area (Å²) in [5, 5.41) is 12.5. The average molecular weight is 507 g/mol. The molecular weight excluding hydrogens is 488 g/mol. The molecule has 9 heteroatoms. The number of aliphatic carboxylic acids is 1. The van der Waals surface area contributed by atoms with Crippen molar-refractivity contribution in [3.05, 3.63) is 64.6 Å². The SMILES string of the molecule is O=C(Cc1ccccc1)NC1C(=O)N2CC(Sc3ccc(Br)cc3)(C(=O)O)CS[C@H]12. The number of thioether (sulfide) groups is 2. The third kappa shape index (κ3) is 4.24. The molecule has 2 fully saturated rings. The Morgan fingerprint density at radius 1 is 1.20 bits per heavy atom. The van der Waals surface area contributed by atoms with Crippen molar-refractivity contribution in [1.82, 2.24) is 10.2 Å². The first-order chi connectivity index (χ1) is 14.4. The zero-order chi connectivity index (χ0) is 21.3. The van der Waals surface area contributed by atoms with Crippen LogP contribution in [0.5, 0.6) is 0 Å². The predicted octanol–water partition coefficient (Wildman–Crippen LogP) is 3.01. The van der Waals surface area contributed by atoms with Crippen LogP contribution >= 0.6 is 39.5 Å². The summed E-state index contributed by atoms with van der Waals surface area (Å²) in [7, 11) is 0. The number of carbonyl (C=O) groups excluding carboxylic acids is 2. The third-order valence-corrected chi connectivity index (χ3v) is 8.68. The van der Waals surface area contributed by atoms with Crippen molar-refractivity contribution >= 4 is 57.2 Å². The van der Waals surface area contributed by atoms with Gasteiger partial charge in [-0.25, -0.2) is 0 Å². The van der Waals surface area contributed by atoms with Crippen molar-refractivity contribution in [3.8, 4) is 0 Å². The van der Waals surface area contributed by atoms with Crippen molar-refractivity contribution in [2.45, 2.75) is 27.5 Å². The summed E-state index contributed by atoms with van der Waals surface area (Å²) in [6.45, 7) is 0.116. The normalized spacial score (nSPS) is 25.2. The van der Waals surface area contributed by atoms with Crippen molar-refractivity contribution < 1.29 is 19.5 Å². The first-order valence-electron chi connectivity index (χ1n) is 9.31. The maximum atomic E-state index is 12.7. The summed E-state index contributed by atoms with van der Waals surface area (Å²) in [6.07, 6.45) is 0.209. The van der Waals surface area contributed by atoms with Gasteiger partial charge in [-0.1, -0.05) is 46.3 Å². The number of hydrogen-bond acceptors (Lipinski definition) is 5. The Bertz CT molecular complexity index is 973. The van der Waals surface area contributed by atoms with Crippen LogP contribution in [0.25, 0.3) is 0 Å². The molecule has 0 radical (unpaired) electrons. The largest absolute Gasteiger partial charge is 0.480 e. The highest BCUT2D eigenvalue weighted by atomic mass is 79.9. The molecule has 0 spiro atoms. The van der Waals surface area contributed by atoms with E-state index >= 15 is 0 Å². The molecule has 0 aliphatic carbocycles. The standard InChI is InChI=1S/C21H19BrN2O4S2/c22-14-6-8-15(9-7-14)30-21(20(27)28)11-24-18(26)17(19(24)29-12-21)23-16(25)10-13-4-2-1-3-5-13/h1-9,17,19H,10-12H2,(H,23,25)(H,27,28)/t17?,19-,21?/m1/s1. The molecule has 2 aromatic rings. The molecular formula is C21H19BrN2O4S2. The van der Waals surface area contributed by atoms with E-state index in [9.17, 15) is 19.5 Å². The summed E-state index contributed by atoms with van der Waals surface area (Å²) in [6, 6.07) is 16.2. The molecule has 3 atom stereocenters. The molecule has 0 aromatic heterocycles. The minimum absolute atomic E-state index is 0.116. The van der Waals surface area contributed by atoms with Gasteiger partial charge in [-0.05, 0) is 29.8 Å². The Hall–Kier alpha value is -1.97. The van der Waals surface area contributed by atoms with Crippen LogP contribution in [0.2, 0.25) is 0 Å². The molecule has 2 saturated heterocycles. The highest BCUT2D eigenvalue weighted by molar-refractivity contribution is 9.10. The smallest absolute Gasteiger partial charge is 0.322 e. The van der Waals surface area contributed by atoms with E-state index in [1.807, 2.05) is 54.6 Å². The number of rotatable bonds is 6. The Balaban J connectivity index is 1.41. The summed E-state index contributed by atoms with van der Waals surface area (Å²) in [4.78, 5) is 39.6. The Labute approximate surface area is 190 Å². The van der Waals surface area contributed by atoms with Crippen molar-refractivity contribution in [2.75, 3.05) is 12.3 Å². The van der Waals surface area contributed by atoms with E-state index in [2.05, 4.69) is 21.2 Å². The number of fused-ring (bicyclic) bond motifs is 1. The molecule has 0 saturated carbocycles. The van der Waals surface area contributed by atoms with Gasteiger partial charge in [0.25, 0.3) is 0 Å². The third-order valence-electron chi connectivity index (χ3n) is 5.10. The maximum Gasteiger partial charge on any atom is 0.322 e. The molecule has 0 bridgehead atoms. The Morgan fingerprint density at radius 3 is 2.57 bits per heavy atom. The Kier molecular flexibility index (Phi) is 6.13. The van der Waals surface area contributed by atoms with Crippen LogP contribution in [0.1, 0.15) is 5.56 Å². The second-order valence-corrected chi connectivity index (χ2v) is 10.7. The van der Waals surface area contributed by atoms with E-state index in [1.54, 1.807) is 4.90 Å². The van der Waals surface area contributed by atoms with E-state index in [4.69, 9.17) is 0 Å². The van der Waals surface area contributed by atoms with Crippen LogP contribution in [-0.4, -0.2) is 56.3 Å². The minimum Gasteiger partial charge on any atom is -0.480 e. The van der Waals surface area contributed by atoms with Gasteiger partial charge in [0.1, 0.15) is 16.2 Å². The fourth-order valence-corrected chi connectivity index (χ4v) is 6.63. The van der Waals surface area contributed by atoms with E-state index in [-0.39, 0.29) is 30.2 Å². The van der Waals surface area contributed by atoms with Gasteiger partial charge < -0.3 is 15.3 Å². The minimum atomic E-state index is -1.12. The van der Waals surface area contributed by atoms with Crippen LogP contribution in [-0.2, 0) is 20.8 Å². The first kappa shape index (κ1) is 21.3. The number of amides is 2. The van der Waals surface area contributed by atoms with Crippen molar-refractivity contribution in [1.29, 1.82) is 0 Å². The molecule has 2 heterocycles. The molecule has 2 aliphatic rings. The van der Waals surface area contributed by atoms with E-state index < -0.39 is 16.8 Å². The van der Waals surface area contributed by atoms with Crippen LogP contribution < -0.4 is 5.32 Å². The summed E-state index contributed by atoms with van der Waals surface area (Å²) in [5.74, 6) is -1.02. The quantitative estimate of drug-likeness (QED) is 0.585. The van der Waals surface area contributed by atoms with Crippen molar-refractivity contribution in [2.24, 2.45) is 0 Å². The molecule has 156 valence electrons. The Morgan fingerprint density at radius 2 is 1.90 bits per heavy atom. The lowest BCUT2D eigenvalue weighted by molar-refractivity contribution is -0.152. The maximum absolute atomic E-state index is 12.7. The summed E-state index contributed by atoms with van der Waals surface area (Å²) >= 11 is 6.05. The second kappa shape index (κ2) is 8.64. The zero-order valence-corrected chi connectivity index (χ0v) is 19.0. The van der Waals surface area contributed by atoms with Crippen LogP contribution in [0.3, 0.4) is 0 Å². The summed E-state index contributed by atoms with van der Waals surface area (Å²) in [5.41, 5.74) is 0.880. The van der Waals surface area contributed by atoms with Crippen LogP contribution in [0.4, 0.5) is 0 Å². The molecule has 6 nitrogen and oxygen atoms in total. The molecule has 30 heavy (non-hydrogen) atoms. The number of nitrogens with one attached hydrogen (secondary N) is 1. The lowest BCUT2D eigenvalue weighted by Crippen LogP contribution is -2.74. The number of halogens is 1. The number of carbonyl (C=O) groups is 3. The van der Waals surface area contributed by atoms with Gasteiger partial charge in [-0.15, -0.1) is 23.5 Å². The first-order valence-corrected chi connectivity index (χ1v) is 12.0. The number of β-lactam (4-membered cyclic amide) rings is 1. The van der Waals surface area contributed by atoms with E-state index in [1.165, 1.54) is 23.5 Å². The van der Waals surface area contributed by atoms with E-state index in [0.717, 1.165) is 14.9 Å². The summed E-state index contributed by atoms with van der Waals surface area (Å²) < 4.78 is -0.203. The second-order valence-electron chi connectivity index (χ2n) is 7.23. The molecule has 2 aromatic carbocycles. The van der Waals surface area contributed by atoms with Gasteiger partial charge in [0.15, 0.2) is 0 Å². The fourth-order valence-electron chi connectivity index (χ4n) is 3.52. The van der Waals surface area contributed by atoms with Gasteiger partial charge >= 0.3 is 5.97 Å². The monoisotopic (exact) mass is 506 g/mol.